The van der Waals surface area contributed by atoms with Crippen molar-refractivity contribution < 1.29 is 19.0 Å². The Bertz CT molecular complexity index is 1320. The molecule has 2 atom stereocenters. The third kappa shape index (κ3) is 4.13. The second-order valence-electron chi connectivity index (χ2n) is 8.72. The van der Waals surface area contributed by atoms with Gasteiger partial charge < -0.3 is 19.1 Å². The summed E-state index contributed by atoms with van der Waals surface area (Å²) in [6.07, 6.45) is 0.384. The number of benzene rings is 2. The summed E-state index contributed by atoms with van der Waals surface area (Å²) < 4.78 is 16.6. The third-order valence-electron chi connectivity index (χ3n) is 6.66. The number of ether oxygens (including phenoxy) is 3. The third-order valence-corrected chi connectivity index (χ3v) is 7.87. The molecule has 3 aromatic rings. The Morgan fingerprint density at radius 1 is 1.09 bits per heavy atom. The highest BCUT2D eigenvalue weighted by molar-refractivity contribution is 7.10. The lowest BCUT2D eigenvalue weighted by Gasteiger charge is -2.44. The smallest absolute Gasteiger partial charge is 0.236 e. The summed E-state index contributed by atoms with van der Waals surface area (Å²) in [5.74, 6) is 0.927. The summed E-state index contributed by atoms with van der Waals surface area (Å²) >= 11 is 1.56. The fraction of sp³-hybridized carbons (Fsp3) is 0.296. The predicted octanol–water partition coefficient (Wildman–Crippen LogP) is 5.19. The summed E-state index contributed by atoms with van der Waals surface area (Å²) in [7, 11) is 6.28. The van der Waals surface area contributed by atoms with E-state index in [1.165, 1.54) is 4.90 Å². The maximum atomic E-state index is 13.7. The van der Waals surface area contributed by atoms with E-state index in [-0.39, 0.29) is 11.7 Å². The zero-order chi connectivity index (χ0) is 25.3. The number of rotatable bonds is 6. The van der Waals surface area contributed by atoms with Crippen LogP contribution < -0.4 is 14.2 Å². The van der Waals surface area contributed by atoms with Crippen molar-refractivity contribution in [2.45, 2.75) is 24.7 Å². The molecule has 0 unspecified atom stereocenters. The molecule has 1 fully saturated rings. The minimum atomic E-state index is -0.680. The first kappa shape index (κ1) is 24.3. The number of carbonyl (C=O) groups excluding carboxylic acids is 1. The number of amidine groups is 1. The number of nitrogens with zero attached hydrogens (tertiary/aromatic N) is 2. The van der Waals surface area contributed by atoms with Gasteiger partial charge in [0.1, 0.15) is 5.84 Å². The molecule has 1 N–H and O–H groups in total. The van der Waals surface area contributed by atoms with Gasteiger partial charge in [0.15, 0.2) is 11.5 Å². The average molecular weight is 490 g/mol. The van der Waals surface area contributed by atoms with Gasteiger partial charge in [-0.15, -0.1) is 11.3 Å². The first-order chi connectivity index (χ1) is 16.8. The molecule has 0 aliphatic carbocycles. The van der Waals surface area contributed by atoms with Crippen molar-refractivity contribution in [1.82, 2.24) is 4.90 Å². The van der Waals surface area contributed by atoms with Gasteiger partial charge in [-0.3, -0.25) is 10.2 Å². The van der Waals surface area contributed by atoms with Gasteiger partial charge in [0.25, 0.3) is 0 Å². The zero-order valence-electron chi connectivity index (χ0n) is 20.3. The quantitative estimate of drug-likeness (QED) is 0.514. The molecule has 0 spiro atoms. The molecule has 180 valence electrons. The number of likely N-dealkylation sites (tertiary alicyclic amines) is 1. The number of likely N-dealkylation sites (N-methyl/N-ethyl adjacent to an activating group) is 1. The van der Waals surface area contributed by atoms with Crippen LogP contribution in [0.4, 0.5) is 0 Å². The molecule has 1 aromatic heterocycles. The summed E-state index contributed by atoms with van der Waals surface area (Å²) in [5, 5.41) is 19.9. The molecule has 1 saturated heterocycles. The molecular formula is C27H27N3O4S. The van der Waals surface area contributed by atoms with Gasteiger partial charge in [-0.05, 0) is 52.4 Å². The number of carbonyl (C=O) groups is 1. The lowest BCUT2D eigenvalue weighted by Crippen LogP contribution is -2.51. The predicted molar refractivity (Wildman–Crippen MR) is 136 cm³/mol. The number of piperidine rings is 1. The van der Waals surface area contributed by atoms with Crippen molar-refractivity contribution in [1.29, 1.82) is 10.7 Å². The molecule has 7 nitrogen and oxygen atoms in total. The van der Waals surface area contributed by atoms with Crippen molar-refractivity contribution in [2.24, 2.45) is 0 Å². The first-order valence-electron chi connectivity index (χ1n) is 11.0. The van der Waals surface area contributed by atoms with Crippen LogP contribution in [0.15, 0.2) is 47.8 Å². The number of thiophene rings is 1. The topological polar surface area (TPSA) is 95.6 Å². The molecule has 1 aliphatic heterocycles. The molecule has 35 heavy (non-hydrogen) atoms. The largest absolute Gasteiger partial charge is 0.493 e. The van der Waals surface area contributed by atoms with E-state index in [0.717, 1.165) is 21.6 Å². The van der Waals surface area contributed by atoms with Gasteiger partial charge in [0, 0.05) is 23.8 Å². The van der Waals surface area contributed by atoms with Crippen molar-refractivity contribution >= 4 is 23.1 Å². The van der Waals surface area contributed by atoms with Crippen LogP contribution in [0.2, 0.25) is 0 Å². The van der Waals surface area contributed by atoms with Gasteiger partial charge in [0.05, 0.1) is 38.9 Å². The second-order valence-corrected chi connectivity index (χ2v) is 9.63. The van der Waals surface area contributed by atoms with Crippen LogP contribution in [0.5, 0.6) is 17.2 Å². The highest BCUT2D eigenvalue weighted by atomic mass is 32.1. The highest BCUT2D eigenvalue weighted by Gasteiger charge is 2.49. The fourth-order valence-corrected chi connectivity index (χ4v) is 5.84. The molecular weight excluding hydrogens is 462 g/mol. The molecule has 2 aromatic carbocycles. The van der Waals surface area contributed by atoms with Gasteiger partial charge in [-0.1, -0.05) is 19.1 Å². The maximum absolute atomic E-state index is 13.7. The Labute approximate surface area is 209 Å². The van der Waals surface area contributed by atoms with E-state index < -0.39 is 11.3 Å². The van der Waals surface area contributed by atoms with Crippen molar-refractivity contribution in [3.8, 4) is 34.4 Å². The average Bonchev–Trinajstić information content (AvgIpc) is 3.38. The van der Waals surface area contributed by atoms with E-state index in [9.17, 15) is 10.1 Å². The monoisotopic (exact) mass is 489 g/mol. The summed E-state index contributed by atoms with van der Waals surface area (Å²) in [4.78, 5) is 16.1. The normalized spacial score (nSPS) is 19.9. The number of methoxy groups -OCH3 is 3. The van der Waals surface area contributed by atoms with E-state index >= 15 is 0 Å². The Hall–Kier alpha value is -3.83. The molecule has 1 amide bonds. The van der Waals surface area contributed by atoms with Gasteiger partial charge >= 0.3 is 0 Å². The van der Waals surface area contributed by atoms with Gasteiger partial charge in [-0.25, -0.2) is 0 Å². The van der Waals surface area contributed by atoms with Crippen molar-refractivity contribution in [3.05, 3.63) is 63.8 Å². The first-order valence-corrected chi connectivity index (χ1v) is 11.9. The molecule has 1 aliphatic rings. The van der Waals surface area contributed by atoms with Crippen LogP contribution in [0.3, 0.4) is 0 Å². The van der Waals surface area contributed by atoms with Crippen molar-refractivity contribution in [3.63, 3.8) is 0 Å². The molecule has 0 saturated carbocycles. The highest BCUT2D eigenvalue weighted by Crippen LogP contribution is 2.51. The molecule has 4 rings (SSSR count). The van der Waals surface area contributed by atoms with Crippen LogP contribution in [-0.2, 0) is 10.2 Å². The zero-order valence-corrected chi connectivity index (χ0v) is 21.2. The van der Waals surface area contributed by atoms with Crippen molar-refractivity contribution in [2.75, 3.05) is 28.4 Å². The van der Waals surface area contributed by atoms with E-state index in [1.54, 1.807) is 45.8 Å². The Kier molecular flexibility index (Phi) is 6.55. The summed E-state index contributed by atoms with van der Waals surface area (Å²) in [6.45, 7) is 2.03. The van der Waals surface area contributed by atoms with E-state index in [4.69, 9.17) is 19.6 Å². The second kappa shape index (κ2) is 9.43. The number of hydrogen-bond donors (Lipinski definition) is 1. The fourth-order valence-electron chi connectivity index (χ4n) is 4.73. The van der Waals surface area contributed by atoms with Crippen LogP contribution >= 0.6 is 11.3 Å². The Balaban J connectivity index is 1.87. The summed E-state index contributed by atoms with van der Waals surface area (Å²) in [5.41, 5.74) is 2.56. The minimum absolute atomic E-state index is 0.167. The Morgan fingerprint density at radius 3 is 2.37 bits per heavy atom. The number of nitrogens with one attached hydrogen (secondary N) is 1. The maximum Gasteiger partial charge on any atom is 0.236 e. The Morgan fingerprint density at radius 2 is 1.77 bits per heavy atom. The molecule has 0 radical (unpaired) electrons. The number of hydrogen-bond acceptors (Lipinski definition) is 7. The molecule has 0 bridgehead atoms. The SMILES string of the molecule is COc1cc([C@@H]2C(=O)N(C)C(=N)C[C@]2(C)c2cc(-c3cccc(C#N)c3)cs2)cc(OC)c1OC. The lowest BCUT2D eigenvalue weighted by atomic mass is 9.67. The number of amides is 1. The molecule has 2 heterocycles. The summed E-state index contributed by atoms with van der Waals surface area (Å²) in [6, 6.07) is 15.3. The van der Waals surface area contributed by atoms with Crippen LogP contribution in [0.1, 0.15) is 35.3 Å². The standard InChI is InChI=1S/C27H27N3O4S/c1-27(22-12-19(15-35-22)17-8-6-7-16(9-17)14-28)13-23(29)30(2)26(31)24(27)18-10-20(32-3)25(34-5)21(11-18)33-4/h6-12,15,24,29H,13H2,1-5H3/t24-,27-/m1/s1. The van der Waals surface area contributed by atoms with E-state index in [0.29, 0.717) is 29.2 Å². The molecule has 8 heteroatoms. The van der Waals surface area contributed by atoms with Crippen LogP contribution in [0, 0.1) is 16.7 Å². The van der Waals surface area contributed by atoms with E-state index in [1.807, 2.05) is 42.6 Å². The van der Waals surface area contributed by atoms with Crippen LogP contribution in [0.25, 0.3) is 11.1 Å². The minimum Gasteiger partial charge on any atom is -0.493 e. The van der Waals surface area contributed by atoms with E-state index in [2.05, 4.69) is 12.1 Å². The number of nitriles is 1. The lowest BCUT2D eigenvalue weighted by molar-refractivity contribution is -0.131. The van der Waals surface area contributed by atoms with Gasteiger partial charge in [0.2, 0.25) is 11.7 Å². The van der Waals surface area contributed by atoms with Crippen LogP contribution in [-0.4, -0.2) is 45.0 Å². The van der Waals surface area contributed by atoms with Gasteiger partial charge in [-0.2, -0.15) is 5.26 Å².